The molecule has 26 heavy (non-hydrogen) atoms. The maximum Gasteiger partial charge on any atom is -0.0440 e. The van der Waals surface area contributed by atoms with Gasteiger partial charge >= 0.3 is 0 Å². The first-order valence-corrected chi connectivity index (χ1v) is 12.6. The molecule has 158 valence electrons. The van der Waals surface area contributed by atoms with Crippen molar-refractivity contribution < 1.29 is 0 Å². The molecule has 0 saturated carbocycles. The van der Waals surface area contributed by atoms with Gasteiger partial charge in [0.1, 0.15) is 0 Å². The minimum absolute atomic E-state index is 0.875. The van der Waals surface area contributed by atoms with Crippen LogP contribution in [0.4, 0.5) is 0 Å². The SMILES string of the molecule is CCCC(C)CCCCCCCCCCCCCCCC(C)CC(C)C. The summed E-state index contributed by atoms with van der Waals surface area (Å²) < 4.78 is 0. The molecule has 0 spiro atoms. The molecule has 0 aromatic carbocycles. The Morgan fingerprint density at radius 1 is 0.423 bits per heavy atom. The fraction of sp³-hybridized carbons (Fsp3) is 1.00. The molecule has 0 heteroatoms. The van der Waals surface area contributed by atoms with Crippen LogP contribution >= 0.6 is 0 Å². The van der Waals surface area contributed by atoms with Crippen molar-refractivity contribution in [1.29, 1.82) is 0 Å². The predicted molar refractivity (Wildman–Crippen MR) is 122 cm³/mol. The van der Waals surface area contributed by atoms with E-state index in [-0.39, 0.29) is 0 Å². The Morgan fingerprint density at radius 2 is 0.769 bits per heavy atom. The highest BCUT2D eigenvalue weighted by molar-refractivity contribution is 4.57. The van der Waals surface area contributed by atoms with Crippen LogP contribution in [0.15, 0.2) is 0 Å². The summed E-state index contributed by atoms with van der Waals surface area (Å²) in [5, 5.41) is 0. The first kappa shape index (κ1) is 26.0. The van der Waals surface area contributed by atoms with Crippen LogP contribution in [-0.2, 0) is 0 Å². The van der Waals surface area contributed by atoms with E-state index in [0.29, 0.717) is 0 Å². The Labute approximate surface area is 168 Å². The fourth-order valence-corrected chi connectivity index (χ4v) is 4.49. The van der Waals surface area contributed by atoms with Gasteiger partial charge in [0.25, 0.3) is 0 Å². The van der Waals surface area contributed by atoms with E-state index >= 15 is 0 Å². The molecular weight excluding hydrogens is 312 g/mol. The second-order valence-corrected chi connectivity index (χ2v) is 9.80. The van der Waals surface area contributed by atoms with E-state index in [2.05, 4.69) is 34.6 Å². The van der Waals surface area contributed by atoms with Crippen LogP contribution in [0, 0.1) is 17.8 Å². The van der Waals surface area contributed by atoms with Gasteiger partial charge in [0, 0.05) is 0 Å². The Kier molecular flexibility index (Phi) is 19.8. The molecule has 0 aliphatic heterocycles. The molecule has 0 nitrogen and oxygen atoms in total. The van der Waals surface area contributed by atoms with E-state index in [4.69, 9.17) is 0 Å². The van der Waals surface area contributed by atoms with Crippen LogP contribution < -0.4 is 0 Å². The van der Waals surface area contributed by atoms with Crippen molar-refractivity contribution in [3.05, 3.63) is 0 Å². The number of hydrogen-bond acceptors (Lipinski definition) is 0. The highest BCUT2D eigenvalue weighted by Crippen LogP contribution is 2.19. The summed E-state index contributed by atoms with van der Waals surface area (Å²) in [5.41, 5.74) is 0. The average Bonchev–Trinajstić information content (AvgIpc) is 2.58. The maximum atomic E-state index is 2.44. The monoisotopic (exact) mass is 366 g/mol. The minimum Gasteiger partial charge on any atom is -0.0654 e. The van der Waals surface area contributed by atoms with Gasteiger partial charge in [-0.15, -0.1) is 0 Å². The molecule has 2 unspecified atom stereocenters. The van der Waals surface area contributed by atoms with Crippen LogP contribution in [-0.4, -0.2) is 0 Å². The molecular formula is C26H54. The predicted octanol–water partition coefficient (Wildman–Crippen LogP) is 9.96. The smallest absolute Gasteiger partial charge is 0.0440 e. The Bertz CT molecular complexity index is 255. The van der Waals surface area contributed by atoms with Crippen molar-refractivity contribution in [1.82, 2.24) is 0 Å². The second-order valence-electron chi connectivity index (χ2n) is 9.80. The number of rotatable bonds is 20. The van der Waals surface area contributed by atoms with Crippen molar-refractivity contribution in [2.45, 2.75) is 150 Å². The topological polar surface area (TPSA) is 0 Å². The van der Waals surface area contributed by atoms with Crippen molar-refractivity contribution in [2.75, 3.05) is 0 Å². The molecule has 0 N–H and O–H groups in total. The van der Waals surface area contributed by atoms with Crippen LogP contribution in [0.2, 0.25) is 0 Å². The molecule has 0 radical (unpaired) electrons. The number of hydrogen-bond donors (Lipinski definition) is 0. The molecule has 0 amide bonds. The summed E-state index contributed by atoms with van der Waals surface area (Å²) in [6, 6.07) is 0. The third-order valence-electron chi connectivity index (χ3n) is 6.05. The molecule has 0 aromatic rings. The summed E-state index contributed by atoms with van der Waals surface area (Å²) in [6.45, 7) is 11.9. The van der Waals surface area contributed by atoms with Gasteiger partial charge in [-0.25, -0.2) is 0 Å². The van der Waals surface area contributed by atoms with Crippen LogP contribution in [0.25, 0.3) is 0 Å². The Morgan fingerprint density at radius 3 is 1.12 bits per heavy atom. The lowest BCUT2D eigenvalue weighted by Gasteiger charge is -2.13. The van der Waals surface area contributed by atoms with Gasteiger partial charge in [0.15, 0.2) is 0 Å². The van der Waals surface area contributed by atoms with E-state index in [0.717, 1.165) is 17.8 Å². The van der Waals surface area contributed by atoms with Crippen molar-refractivity contribution in [3.63, 3.8) is 0 Å². The van der Waals surface area contributed by atoms with Gasteiger partial charge in [0.05, 0.1) is 0 Å². The fourth-order valence-electron chi connectivity index (χ4n) is 4.49. The van der Waals surface area contributed by atoms with Gasteiger partial charge in [-0.1, -0.05) is 144 Å². The van der Waals surface area contributed by atoms with E-state index < -0.39 is 0 Å². The van der Waals surface area contributed by atoms with E-state index in [1.165, 1.54) is 116 Å². The van der Waals surface area contributed by atoms with Crippen LogP contribution in [0.1, 0.15) is 150 Å². The number of unbranched alkanes of at least 4 members (excludes halogenated alkanes) is 12. The standard InChI is InChI=1S/C26H54/c1-6-20-25(4)21-18-16-14-12-10-8-7-9-11-13-15-17-19-22-26(5)23-24(2)3/h24-26H,6-23H2,1-5H3. The first-order chi connectivity index (χ1) is 12.6. The summed E-state index contributed by atoms with van der Waals surface area (Å²) >= 11 is 0. The molecule has 0 aliphatic carbocycles. The first-order valence-electron chi connectivity index (χ1n) is 12.6. The summed E-state index contributed by atoms with van der Waals surface area (Å²) in [7, 11) is 0. The van der Waals surface area contributed by atoms with E-state index in [1.54, 1.807) is 0 Å². The zero-order valence-corrected chi connectivity index (χ0v) is 19.5. The van der Waals surface area contributed by atoms with Crippen molar-refractivity contribution in [2.24, 2.45) is 17.8 Å². The zero-order valence-electron chi connectivity index (χ0n) is 19.5. The quantitative estimate of drug-likeness (QED) is 0.188. The van der Waals surface area contributed by atoms with Gasteiger partial charge in [-0.05, 0) is 24.2 Å². The molecule has 0 fully saturated rings. The summed E-state index contributed by atoms with van der Waals surface area (Å²) in [4.78, 5) is 0. The van der Waals surface area contributed by atoms with Gasteiger partial charge in [-0.3, -0.25) is 0 Å². The third-order valence-corrected chi connectivity index (χ3v) is 6.05. The lowest BCUT2D eigenvalue weighted by atomic mass is 9.93. The molecule has 0 aliphatic rings. The van der Waals surface area contributed by atoms with Gasteiger partial charge in [0.2, 0.25) is 0 Å². The largest absolute Gasteiger partial charge is 0.0654 e. The summed E-state index contributed by atoms with van der Waals surface area (Å²) in [5.74, 6) is 2.78. The maximum absolute atomic E-state index is 2.44. The third kappa shape index (κ3) is 20.3. The van der Waals surface area contributed by atoms with Crippen molar-refractivity contribution >= 4 is 0 Å². The van der Waals surface area contributed by atoms with E-state index in [9.17, 15) is 0 Å². The highest BCUT2D eigenvalue weighted by Gasteiger charge is 2.04. The van der Waals surface area contributed by atoms with Crippen LogP contribution in [0.5, 0.6) is 0 Å². The minimum atomic E-state index is 0.875. The average molecular weight is 367 g/mol. The Balaban J connectivity index is 3.11. The normalized spacial score (nSPS) is 14.1. The van der Waals surface area contributed by atoms with Gasteiger partial charge < -0.3 is 0 Å². The molecule has 0 saturated heterocycles. The highest BCUT2D eigenvalue weighted by atomic mass is 14.1. The molecule has 0 aromatic heterocycles. The molecule has 0 rings (SSSR count). The van der Waals surface area contributed by atoms with Crippen LogP contribution in [0.3, 0.4) is 0 Å². The zero-order chi connectivity index (χ0) is 19.5. The molecule has 2 atom stereocenters. The summed E-state index contributed by atoms with van der Waals surface area (Å²) in [6.07, 6.45) is 26.3. The van der Waals surface area contributed by atoms with E-state index in [1.807, 2.05) is 0 Å². The molecule has 0 bridgehead atoms. The van der Waals surface area contributed by atoms with Crippen molar-refractivity contribution in [3.8, 4) is 0 Å². The van der Waals surface area contributed by atoms with Gasteiger partial charge in [-0.2, -0.15) is 0 Å². The lowest BCUT2D eigenvalue weighted by molar-refractivity contribution is 0.397. The molecule has 0 heterocycles. The second kappa shape index (κ2) is 19.8. The lowest BCUT2D eigenvalue weighted by Crippen LogP contribution is -1.99. The Hall–Kier alpha value is 0.